The Labute approximate surface area is 85.8 Å². The molecule has 0 aliphatic carbocycles. The van der Waals surface area contributed by atoms with Crippen molar-refractivity contribution in [3.63, 3.8) is 0 Å². The standard InChI is InChI=1S/C8H11N3O4/c1-3-15-7(12)5-10-4-6(2)8(9-10)11(13)14/h4H,3,5H2,1-2H3. The summed E-state index contributed by atoms with van der Waals surface area (Å²) in [4.78, 5) is 20.9. The van der Waals surface area contributed by atoms with E-state index in [1.807, 2.05) is 0 Å². The van der Waals surface area contributed by atoms with Gasteiger partial charge in [0.2, 0.25) is 0 Å². The lowest BCUT2D eigenvalue weighted by Crippen LogP contribution is -2.13. The third-order valence-corrected chi connectivity index (χ3v) is 1.69. The van der Waals surface area contributed by atoms with Crippen LogP contribution in [0.5, 0.6) is 0 Å². The highest BCUT2D eigenvalue weighted by atomic mass is 16.6. The van der Waals surface area contributed by atoms with E-state index in [1.54, 1.807) is 13.8 Å². The molecule has 0 bridgehead atoms. The third-order valence-electron chi connectivity index (χ3n) is 1.69. The first-order valence-corrected chi connectivity index (χ1v) is 4.38. The van der Waals surface area contributed by atoms with E-state index in [2.05, 4.69) is 9.84 Å². The van der Waals surface area contributed by atoms with Crippen LogP contribution >= 0.6 is 0 Å². The molecule has 0 fully saturated rings. The number of carbonyl (C=O) groups excluding carboxylic acids is 1. The molecule has 0 atom stereocenters. The van der Waals surface area contributed by atoms with Crippen LogP contribution in [0.2, 0.25) is 0 Å². The number of hydrogen-bond acceptors (Lipinski definition) is 5. The molecular weight excluding hydrogens is 202 g/mol. The molecular formula is C8H11N3O4. The zero-order valence-electron chi connectivity index (χ0n) is 8.47. The lowest BCUT2D eigenvalue weighted by Gasteiger charge is -1.97. The van der Waals surface area contributed by atoms with Gasteiger partial charge in [0.05, 0.1) is 23.5 Å². The molecule has 1 aromatic rings. The van der Waals surface area contributed by atoms with Crippen molar-refractivity contribution in [2.24, 2.45) is 0 Å². The molecule has 1 rings (SSSR count). The molecule has 0 spiro atoms. The number of rotatable bonds is 4. The van der Waals surface area contributed by atoms with Gasteiger partial charge >= 0.3 is 11.8 Å². The quantitative estimate of drug-likeness (QED) is 0.416. The molecule has 7 heteroatoms. The maximum atomic E-state index is 11.0. The maximum Gasteiger partial charge on any atom is 0.392 e. The van der Waals surface area contributed by atoms with Gasteiger partial charge in [-0.05, 0) is 18.8 Å². The summed E-state index contributed by atoms with van der Waals surface area (Å²) in [5, 5.41) is 14.1. The van der Waals surface area contributed by atoms with Crippen molar-refractivity contribution in [2.75, 3.05) is 6.61 Å². The summed E-state index contributed by atoms with van der Waals surface area (Å²) in [7, 11) is 0. The average Bonchev–Trinajstić information content (AvgIpc) is 2.47. The van der Waals surface area contributed by atoms with E-state index in [4.69, 9.17) is 0 Å². The largest absolute Gasteiger partial charge is 0.465 e. The second-order valence-corrected chi connectivity index (χ2v) is 2.90. The Hall–Kier alpha value is -1.92. The molecule has 7 nitrogen and oxygen atoms in total. The minimum Gasteiger partial charge on any atom is -0.465 e. The molecule has 0 unspecified atom stereocenters. The highest BCUT2D eigenvalue weighted by Gasteiger charge is 2.18. The Kier molecular flexibility index (Phi) is 3.37. The number of aromatic nitrogens is 2. The van der Waals surface area contributed by atoms with Crippen molar-refractivity contribution in [3.8, 4) is 0 Å². The summed E-state index contributed by atoms with van der Waals surface area (Å²) >= 11 is 0. The van der Waals surface area contributed by atoms with Gasteiger partial charge in [-0.3, -0.25) is 0 Å². The highest BCUT2D eigenvalue weighted by Crippen LogP contribution is 2.13. The molecule has 1 heterocycles. The minimum atomic E-state index is -0.586. The lowest BCUT2D eigenvalue weighted by atomic mass is 10.4. The van der Waals surface area contributed by atoms with Gasteiger partial charge in [-0.1, -0.05) is 0 Å². The third kappa shape index (κ3) is 2.76. The van der Waals surface area contributed by atoms with Gasteiger partial charge in [0, 0.05) is 0 Å². The van der Waals surface area contributed by atoms with E-state index in [9.17, 15) is 14.9 Å². The van der Waals surface area contributed by atoms with E-state index in [0.717, 1.165) is 0 Å². The number of carbonyl (C=O) groups is 1. The number of nitrogens with zero attached hydrogens (tertiary/aromatic N) is 3. The summed E-state index contributed by atoms with van der Waals surface area (Å²) in [6, 6.07) is 0. The highest BCUT2D eigenvalue weighted by molar-refractivity contribution is 5.69. The van der Waals surface area contributed by atoms with Gasteiger partial charge in [-0.25, -0.2) is 4.79 Å². The zero-order chi connectivity index (χ0) is 11.4. The molecule has 0 aromatic carbocycles. The normalized spacial score (nSPS) is 10.0. The molecule has 0 N–H and O–H groups in total. The number of esters is 1. The molecule has 82 valence electrons. The van der Waals surface area contributed by atoms with Crippen LogP contribution in [0.4, 0.5) is 5.82 Å². The van der Waals surface area contributed by atoms with Crippen LogP contribution in [0.15, 0.2) is 6.20 Å². The van der Waals surface area contributed by atoms with Crippen molar-refractivity contribution in [1.82, 2.24) is 9.78 Å². The van der Waals surface area contributed by atoms with Gasteiger partial charge < -0.3 is 14.9 Å². The molecule has 15 heavy (non-hydrogen) atoms. The van der Waals surface area contributed by atoms with Crippen LogP contribution in [-0.2, 0) is 16.1 Å². The van der Waals surface area contributed by atoms with Gasteiger partial charge in [0.25, 0.3) is 0 Å². The molecule has 0 radical (unpaired) electrons. The zero-order valence-corrected chi connectivity index (χ0v) is 8.47. The first-order chi connectivity index (χ1) is 7.04. The topological polar surface area (TPSA) is 87.3 Å². The predicted octanol–water partition coefficient (Wildman–Crippen LogP) is 0.663. The van der Waals surface area contributed by atoms with E-state index in [1.165, 1.54) is 10.9 Å². The first kappa shape index (κ1) is 11.2. The van der Waals surface area contributed by atoms with Gasteiger partial charge in [0.1, 0.15) is 0 Å². The molecule has 0 aliphatic rings. The van der Waals surface area contributed by atoms with Crippen molar-refractivity contribution in [3.05, 3.63) is 21.9 Å². The molecule has 1 aromatic heterocycles. The van der Waals surface area contributed by atoms with E-state index >= 15 is 0 Å². The second kappa shape index (κ2) is 4.54. The molecule has 0 aliphatic heterocycles. The van der Waals surface area contributed by atoms with Crippen LogP contribution in [0.25, 0.3) is 0 Å². The summed E-state index contributed by atoms with van der Waals surface area (Å²) in [6.45, 7) is 3.42. The van der Waals surface area contributed by atoms with E-state index in [-0.39, 0.29) is 19.0 Å². The number of aryl methyl sites for hydroxylation is 1. The summed E-state index contributed by atoms with van der Waals surface area (Å²) in [5.74, 6) is -0.700. The fourth-order valence-electron chi connectivity index (χ4n) is 1.11. The smallest absolute Gasteiger partial charge is 0.392 e. The monoisotopic (exact) mass is 213 g/mol. The van der Waals surface area contributed by atoms with Crippen molar-refractivity contribution in [1.29, 1.82) is 0 Å². The van der Waals surface area contributed by atoms with Gasteiger partial charge in [-0.2, -0.15) is 4.68 Å². The summed E-state index contributed by atoms with van der Waals surface area (Å²) in [6.07, 6.45) is 1.44. The Morgan fingerprint density at radius 1 is 1.73 bits per heavy atom. The van der Waals surface area contributed by atoms with E-state index < -0.39 is 10.9 Å². The number of nitro groups is 1. The van der Waals surface area contributed by atoms with Gasteiger partial charge in [0.15, 0.2) is 6.54 Å². The Morgan fingerprint density at radius 2 is 2.40 bits per heavy atom. The van der Waals surface area contributed by atoms with Crippen molar-refractivity contribution < 1.29 is 14.5 Å². The number of ether oxygens (including phenoxy) is 1. The Bertz CT molecular complexity index is 385. The maximum absolute atomic E-state index is 11.0. The predicted molar refractivity (Wildman–Crippen MR) is 50.3 cm³/mol. The fraction of sp³-hybridized carbons (Fsp3) is 0.500. The van der Waals surface area contributed by atoms with Crippen LogP contribution in [0.1, 0.15) is 12.5 Å². The summed E-state index contributed by atoms with van der Waals surface area (Å²) < 4.78 is 5.89. The minimum absolute atomic E-state index is 0.109. The van der Waals surface area contributed by atoms with Crippen molar-refractivity contribution in [2.45, 2.75) is 20.4 Å². The van der Waals surface area contributed by atoms with Crippen LogP contribution in [0.3, 0.4) is 0 Å². The number of hydrogen-bond donors (Lipinski definition) is 0. The van der Waals surface area contributed by atoms with E-state index in [0.29, 0.717) is 5.56 Å². The molecule has 0 saturated heterocycles. The SMILES string of the molecule is CCOC(=O)Cn1cc(C)c([N+](=O)[O-])n1. The summed E-state index contributed by atoms with van der Waals surface area (Å²) in [5.41, 5.74) is 0.421. The van der Waals surface area contributed by atoms with Crippen molar-refractivity contribution >= 4 is 11.8 Å². The van der Waals surface area contributed by atoms with Crippen LogP contribution < -0.4 is 0 Å². The van der Waals surface area contributed by atoms with Gasteiger partial charge in [-0.15, -0.1) is 0 Å². The van der Waals surface area contributed by atoms with Crippen LogP contribution in [0, 0.1) is 17.0 Å². The fourth-order valence-corrected chi connectivity index (χ4v) is 1.11. The molecule has 0 amide bonds. The Morgan fingerprint density at radius 3 is 2.87 bits per heavy atom. The average molecular weight is 213 g/mol. The first-order valence-electron chi connectivity index (χ1n) is 4.38. The lowest BCUT2D eigenvalue weighted by molar-refractivity contribution is -0.390. The molecule has 0 saturated carbocycles. The van der Waals surface area contributed by atoms with Crippen LogP contribution in [-0.4, -0.2) is 27.3 Å². The Balaban J connectivity index is 2.75. The second-order valence-electron chi connectivity index (χ2n) is 2.90.